The molecule has 1 N–H and O–H groups in total. The Morgan fingerprint density at radius 2 is 2.00 bits per heavy atom. The van der Waals surface area contributed by atoms with Crippen LogP contribution >= 0.6 is 11.3 Å². The molecule has 0 aliphatic carbocycles. The van der Waals surface area contributed by atoms with Crippen molar-refractivity contribution < 1.29 is 9.53 Å². The smallest absolute Gasteiger partial charge is 0.261 e. The first-order valence-corrected chi connectivity index (χ1v) is 8.92. The Balaban J connectivity index is 1.69. The van der Waals surface area contributed by atoms with Gasteiger partial charge in [-0.2, -0.15) is 0 Å². The Hall–Kier alpha value is -1.85. The van der Waals surface area contributed by atoms with Crippen molar-refractivity contribution in [1.29, 1.82) is 0 Å². The number of aryl methyl sites for hydroxylation is 1. The predicted octanol–water partition coefficient (Wildman–Crippen LogP) is 3.08. The number of para-hydroxylation sites is 1. The van der Waals surface area contributed by atoms with Gasteiger partial charge in [0.05, 0.1) is 18.1 Å². The van der Waals surface area contributed by atoms with Crippen LogP contribution in [0.2, 0.25) is 0 Å². The summed E-state index contributed by atoms with van der Waals surface area (Å²) in [5.41, 5.74) is 3.46. The van der Waals surface area contributed by atoms with Gasteiger partial charge in [-0.05, 0) is 35.1 Å². The van der Waals surface area contributed by atoms with Crippen LogP contribution in [0, 0.1) is 0 Å². The average molecular weight is 330 g/mol. The Labute approximate surface area is 141 Å². The number of rotatable bonds is 5. The summed E-state index contributed by atoms with van der Waals surface area (Å²) in [6.45, 7) is 5.94. The number of amides is 1. The van der Waals surface area contributed by atoms with Gasteiger partial charge in [-0.1, -0.05) is 25.1 Å². The van der Waals surface area contributed by atoms with Gasteiger partial charge >= 0.3 is 0 Å². The van der Waals surface area contributed by atoms with Gasteiger partial charge < -0.3 is 15.0 Å². The zero-order valence-electron chi connectivity index (χ0n) is 13.4. The molecule has 4 nitrogen and oxygen atoms in total. The number of carbonyl (C=O) groups excluding carboxylic acids is 1. The lowest BCUT2D eigenvalue weighted by atomic mass is 10.1. The van der Waals surface area contributed by atoms with E-state index < -0.39 is 0 Å². The van der Waals surface area contributed by atoms with Crippen molar-refractivity contribution in [3.8, 4) is 0 Å². The molecule has 2 heterocycles. The summed E-state index contributed by atoms with van der Waals surface area (Å²) < 4.78 is 5.42. The van der Waals surface area contributed by atoms with Crippen LogP contribution in [0.15, 0.2) is 35.7 Å². The number of anilines is 1. The number of carbonyl (C=O) groups is 1. The Morgan fingerprint density at radius 3 is 2.78 bits per heavy atom. The Bertz CT molecular complexity index is 663. The van der Waals surface area contributed by atoms with E-state index in [2.05, 4.69) is 29.3 Å². The van der Waals surface area contributed by atoms with Gasteiger partial charge in [0.25, 0.3) is 5.91 Å². The zero-order valence-corrected chi connectivity index (χ0v) is 14.2. The molecule has 1 saturated heterocycles. The highest BCUT2D eigenvalue weighted by Gasteiger charge is 2.16. The van der Waals surface area contributed by atoms with Crippen molar-refractivity contribution in [3.63, 3.8) is 0 Å². The summed E-state index contributed by atoms with van der Waals surface area (Å²) in [6, 6.07) is 10.3. The van der Waals surface area contributed by atoms with Crippen LogP contribution in [0.5, 0.6) is 0 Å². The van der Waals surface area contributed by atoms with Gasteiger partial charge in [0.15, 0.2) is 0 Å². The molecule has 2 aromatic rings. The van der Waals surface area contributed by atoms with E-state index in [1.807, 2.05) is 23.6 Å². The standard InChI is InChI=1S/C18H22N2O2S/c1-2-14-7-12-23-17(14)18(21)19-13-15-5-3-4-6-16(15)20-8-10-22-11-9-20/h3-7,12H,2,8-11,13H2,1H3,(H,19,21). The van der Waals surface area contributed by atoms with E-state index in [-0.39, 0.29) is 5.91 Å². The maximum atomic E-state index is 12.4. The molecule has 1 aromatic heterocycles. The first-order chi connectivity index (χ1) is 11.3. The second kappa shape index (κ2) is 7.62. The summed E-state index contributed by atoms with van der Waals surface area (Å²) in [6.07, 6.45) is 0.886. The van der Waals surface area contributed by atoms with Crippen LogP contribution in [-0.2, 0) is 17.7 Å². The van der Waals surface area contributed by atoms with Gasteiger partial charge in [0.1, 0.15) is 0 Å². The molecule has 0 bridgehead atoms. The number of benzene rings is 1. The van der Waals surface area contributed by atoms with Gasteiger partial charge in [0.2, 0.25) is 0 Å². The molecule has 1 aliphatic heterocycles. The van der Waals surface area contributed by atoms with Crippen LogP contribution in [0.4, 0.5) is 5.69 Å². The van der Waals surface area contributed by atoms with Gasteiger partial charge in [-0.25, -0.2) is 0 Å². The zero-order chi connectivity index (χ0) is 16.1. The van der Waals surface area contributed by atoms with E-state index in [1.54, 1.807) is 0 Å². The minimum atomic E-state index is 0.0219. The lowest BCUT2D eigenvalue weighted by Gasteiger charge is -2.30. The van der Waals surface area contributed by atoms with Crippen molar-refractivity contribution in [3.05, 3.63) is 51.7 Å². The van der Waals surface area contributed by atoms with Crippen LogP contribution in [-0.4, -0.2) is 32.2 Å². The fraction of sp³-hybridized carbons (Fsp3) is 0.389. The topological polar surface area (TPSA) is 41.6 Å². The van der Waals surface area contributed by atoms with E-state index in [0.29, 0.717) is 6.54 Å². The van der Waals surface area contributed by atoms with Gasteiger partial charge in [-0.15, -0.1) is 11.3 Å². The number of nitrogens with zero attached hydrogens (tertiary/aromatic N) is 1. The molecule has 1 amide bonds. The number of hydrogen-bond acceptors (Lipinski definition) is 4. The molecule has 0 saturated carbocycles. The second-order valence-electron chi connectivity index (χ2n) is 5.54. The van der Waals surface area contributed by atoms with Crippen molar-refractivity contribution >= 4 is 22.9 Å². The quantitative estimate of drug-likeness (QED) is 0.916. The van der Waals surface area contributed by atoms with Crippen molar-refractivity contribution in [1.82, 2.24) is 5.32 Å². The largest absolute Gasteiger partial charge is 0.378 e. The van der Waals surface area contributed by atoms with E-state index >= 15 is 0 Å². The molecule has 1 aromatic carbocycles. The third-order valence-electron chi connectivity index (χ3n) is 4.12. The number of hydrogen-bond donors (Lipinski definition) is 1. The lowest BCUT2D eigenvalue weighted by molar-refractivity contribution is 0.0954. The van der Waals surface area contributed by atoms with Crippen LogP contribution < -0.4 is 10.2 Å². The van der Waals surface area contributed by atoms with E-state index in [0.717, 1.165) is 48.7 Å². The average Bonchev–Trinajstić information content (AvgIpc) is 3.09. The monoisotopic (exact) mass is 330 g/mol. The maximum absolute atomic E-state index is 12.4. The second-order valence-corrected chi connectivity index (χ2v) is 6.46. The molecule has 0 radical (unpaired) electrons. The first kappa shape index (κ1) is 16.0. The number of ether oxygens (including phenoxy) is 1. The summed E-state index contributed by atoms with van der Waals surface area (Å²) >= 11 is 1.51. The van der Waals surface area contributed by atoms with E-state index in [1.165, 1.54) is 17.0 Å². The summed E-state index contributed by atoms with van der Waals surface area (Å²) in [7, 11) is 0. The normalized spacial score (nSPS) is 14.7. The third kappa shape index (κ3) is 3.74. The molecule has 0 atom stereocenters. The highest BCUT2D eigenvalue weighted by atomic mass is 32.1. The molecular formula is C18H22N2O2S. The van der Waals surface area contributed by atoms with Crippen LogP contribution in [0.1, 0.15) is 27.7 Å². The lowest BCUT2D eigenvalue weighted by Crippen LogP contribution is -2.37. The molecule has 0 unspecified atom stereocenters. The summed E-state index contributed by atoms with van der Waals surface area (Å²) in [5.74, 6) is 0.0219. The molecule has 3 rings (SSSR count). The fourth-order valence-electron chi connectivity index (χ4n) is 2.84. The Morgan fingerprint density at radius 1 is 1.22 bits per heavy atom. The molecule has 122 valence electrons. The molecule has 23 heavy (non-hydrogen) atoms. The highest BCUT2D eigenvalue weighted by molar-refractivity contribution is 7.12. The van der Waals surface area contributed by atoms with Crippen molar-refractivity contribution in [2.24, 2.45) is 0 Å². The highest BCUT2D eigenvalue weighted by Crippen LogP contribution is 2.22. The summed E-state index contributed by atoms with van der Waals surface area (Å²) in [5, 5.41) is 5.05. The van der Waals surface area contributed by atoms with Gasteiger partial charge in [-0.3, -0.25) is 4.79 Å². The van der Waals surface area contributed by atoms with E-state index in [4.69, 9.17) is 4.74 Å². The SMILES string of the molecule is CCc1ccsc1C(=O)NCc1ccccc1N1CCOCC1. The third-order valence-corrected chi connectivity index (χ3v) is 5.07. The minimum Gasteiger partial charge on any atom is -0.378 e. The molecular weight excluding hydrogens is 308 g/mol. The Kier molecular flexibility index (Phi) is 5.31. The molecule has 5 heteroatoms. The van der Waals surface area contributed by atoms with E-state index in [9.17, 15) is 4.79 Å². The molecule has 1 fully saturated rings. The van der Waals surface area contributed by atoms with Crippen LogP contribution in [0.25, 0.3) is 0 Å². The van der Waals surface area contributed by atoms with Crippen molar-refractivity contribution in [2.75, 3.05) is 31.2 Å². The first-order valence-electron chi connectivity index (χ1n) is 8.04. The summed E-state index contributed by atoms with van der Waals surface area (Å²) in [4.78, 5) is 15.6. The predicted molar refractivity (Wildman–Crippen MR) is 94.3 cm³/mol. The molecule has 1 aliphatic rings. The fourth-order valence-corrected chi connectivity index (χ4v) is 3.75. The molecule has 0 spiro atoms. The number of thiophene rings is 1. The maximum Gasteiger partial charge on any atom is 0.261 e. The van der Waals surface area contributed by atoms with Gasteiger partial charge in [0, 0.05) is 25.3 Å². The minimum absolute atomic E-state index is 0.0219. The number of nitrogens with one attached hydrogen (secondary N) is 1. The van der Waals surface area contributed by atoms with Crippen LogP contribution in [0.3, 0.4) is 0 Å². The number of morpholine rings is 1. The van der Waals surface area contributed by atoms with Crippen molar-refractivity contribution in [2.45, 2.75) is 19.9 Å².